The van der Waals surface area contributed by atoms with Crippen LogP contribution in [0.2, 0.25) is 0 Å². The fraction of sp³-hybridized carbons (Fsp3) is 0.421. The maximum Gasteiger partial charge on any atom is 0.221 e. The summed E-state index contributed by atoms with van der Waals surface area (Å²) in [7, 11) is 0. The number of imidazole rings is 1. The summed E-state index contributed by atoms with van der Waals surface area (Å²) >= 11 is 1.48. The van der Waals surface area contributed by atoms with E-state index < -0.39 is 0 Å². The number of unbranched alkanes of at least 4 members (excludes halogenated alkanes) is 1. The topological polar surface area (TPSA) is 64.0 Å². The zero-order valence-electron chi connectivity index (χ0n) is 15.3. The van der Waals surface area contributed by atoms with Crippen LogP contribution in [0, 0.1) is 13.8 Å². The van der Waals surface area contributed by atoms with Crippen LogP contribution in [0.3, 0.4) is 0 Å². The summed E-state index contributed by atoms with van der Waals surface area (Å²) in [5.74, 6) is 0.278. The number of thioether (sulfide) groups is 1. The van der Waals surface area contributed by atoms with Crippen molar-refractivity contribution in [2.24, 2.45) is 0 Å². The summed E-state index contributed by atoms with van der Waals surface area (Å²) in [6.07, 6.45) is 2.23. The molecular formula is C19H25N3O2S. The molecule has 0 atom stereocenters. The third-order valence-corrected chi connectivity index (χ3v) is 4.99. The molecule has 0 aliphatic heterocycles. The quantitative estimate of drug-likeness (QED) is 0.566. The van der Waals surface area contributed by atoms with Crippen molar-refractivity contribution in [1.82, 2.24) is 9.55 Å². The molecule has 1 aromatic carbocycles. The van der Waals surface area contributed by atoms with Crippen molar-refractivity contribution in [3.05, 3.63) is 41.2 Å². The first-order chi connectivity index (χ1) is 11.9. The van der Waals surface area contributed by atoms with E-state index in [2.05, 4.69) is 28.7 Å². The molecule has 0 saturated carbocycles. The predicted molar refractivity (Wildman–Crippen MR) is 102 cm³/mol. The number of nitrogens with zero attached hydrogens (tertiary/aromatic N) is 2. The van der Waals surface area contributed by atoms with E-state index >= 15 is 0 Å². The first kappa shape index (κ1) is 19.2. The summed E-state index contributed by atoms with van der Waals surface area (Å²) in [6.45, 7) is 8.64. The molecule has 0 unspecified atom stereocenters. The number of carbonyl (C=O) groups excluding carboxylic acids is 2. The van der Waals surface area contributed by atoms with Crippen molar-refractivity contribution < 1.29 is 9.59 Å². The Morgan fingerprint density at radius 1 is 1.20 bits per heavy atom. The van der Waals surface area contributed by atoms with Crippen LogP contribution in [0.1, 0.15) is 48.4 Å². The highest BCUT2D eigenvalue weighted by Crippen LogP contribution is 2.23. The van der Waals surface area contributed by atoms with Gasteiger partial charge >= 0.3 is 0 Å². The minimum atomic E-state index is -0.126. The van der Waals surface area contributed by atoms with Gasteiger partial charge in [0.05, 0.1) is 11.4 Å². The lowest BCUT2D eigenvalue weighted by Crippen LogP contribution is -2.08. The third kappa shape index (κ3) is 5.19. The highest BCUT2D eigenvalue weighted by Gasteiger charge is 2.14. The summed E-state index contributed by atoms with van der Waals surface area (Å²) in [5, 5.41) is 3.60. The largest absolute Gasteiger partial charge is 0.326 e. The van der Waals surface area contributed by atoms with E-state index in [9.17, 15) is 9.59 Å². The van der Waals surface area contributed by atoms with E-state index in [1.165, 1.54) is 24.4 Å². The first-order valence-corrected chi connectivity index (χ1v) is 9.48. The van der Waals surface area contributed by atoms with Gasteiger partial charge in [-0.05, 0) is 44.5 Å². The molecule has 1 amide bonds. The third-order valence-electron chi connectivity index (χ3n) is 4.02. The number of Topliss-reactive ketones (excluding diaryl/α,β-unsaturated/α-hetero) is 1. The Bertz CT molecular complexity index is 751. The zero-order valence-corrected chi connectivity index (χ0v) is 16.1. The summed E-state index contributed by atoms with van der Waals surface area (Å²) in [5.41, 5.74) is 3.52. The molecule has 1 aromatic heterocycles. The summed E-state index contributed by atoms with van der Waals surface area (Å²) < 4.78 is 2.21. The molecule has 0 fully saturated rings. The van der Waals surface area contributed by atoms with Crippen LogP contribution in [-0.4, -0.2) is 27.0 Å². The lowest BCUT2D eigenvalue weighted by molar-refractivity contribution is -0.114. The first-order valence-electron chi connectivity index (χ1n) is 8.49. The van der Waals surface area contributed by atoms with Crippen LogP contribution >= 0.6 is 11.8 Å². The molecule has 2 rings (SSSR count). The van der Waals surface area contributed by atoms with E-state index in [-0.39, 0.29) is 11.7 Å². The van der Waals surface area contributed by atoms with Crippen molar-refractivity contribution in [2.45, 2.75) is 52.2 Å². The molecule has 0 spiro atoms. The number of hydrogen-bond donors (Lipinski definition) is 1. The monoisotopic (exact) mass is 359 g/mol. The molecule has 5 nitrogen and oxygen atoms in total. The van der Waals surface area contributed by atoms with E-state index in [1.807, 2.05) is 6.92 Å². The van der Waals surface area contributed by atoms with Gasteiger partial charge in [0.1, 0.15) is 0 Å². The van der Waals surface area contributed by atoms with Gasteiger partial charge in [0.15, 0.2) is 10.9 Å². The van der Waals surface area contributed by atoms with Gasteiger partial charge in [-0.15, -0.1) is 0 Å². The summed E-state index contributed by atoms with van der Waals surface area (Å²) in [6, 6.07) is 6.98. The van der Waals surface area contributed by atoms with E-state index in [0.717, 1.165) is 30.2 Å². The molecule has 0 bridgehead atoms. The predicted octanol–water partition coefficient (Wildman–Crippen LogP) is 4.23. The van der Waals surface area contributed by atoms with E-state index in [4.69, 9.17) is 0 Å². The standard InChI is InChI=1S/C19H25N3O2S/c1-5-6-11-22-14(3)13(2)20-19(22)25-12-18(24)16-7-9-17(10-8-16)21-15(4)23/h7-10H,5-6,11-12H2,1-4H3,(H,21,23). The molecule has 134 valence electrons. The van der Waals surface area contributed by atoms with Crippen LogP contribution in [-0.2, 0) is 11.3 Å². The Morgan fingerprint density at radius 3 is 2.48 bits per heavy atom. The van der Waals surface area contributed by atoms with Crippen LogP contribution in [0.25, 0.3) is 0 Å². The molecule has 1 N–H and O–H groups in total. The number of benzene rings is 1. The SMILES string of the molecule is CCCCn1c(SCC(=O)c2ccc(NC(C)=O)cc2)nc(C)c1C. The lowest BCUT2D eigenvalue weighted by atomic mass is 10.1. The number of aryl methyl sites for hydroxylation is 1. The van der Waals surface area contributed by atoms with Gasteiger partial charge in [-0.25, -0.2) is 4.98 Å². The number of rotatable bonds is 8. The molecule has 0 aliphatic carbocycles. The Kier molecular flexibility index (Phi) is 6.82. The fourth-order valence-electron chi connectivity index (χ4n) is 2.47. The van der Waals surface area contributed by atoms with Gasteiger partial charge in [-0.2, -0.15) is 0 Å². The van der Waals surface area contributed by atoms with Gasteiger partial charge < -0.3 is 9.88 Å². The fourth-order valence-corrected chi connectivity index (χ4v) is 3.48. The van der Waals surface area contributed by atoms with Crippen molar-refractivity contribution in [1.29, 1.82) is 0 Å². The van der Waals surface area contributed by atoms with Crippen LogP contribution in [0.5, 0.6) is 0 Å². The molecule has 25 heavy (non-hydrogen) atoms. The zero-order chi connectivity index (χ0) is 18.4. The Morgan fingerprint density at radius 2 is 1.88 bits per heavy atom. The van der Waals surface area contributed by atoms with Crippen LogP contribution in [0.4, 0.5) is 5.69 Å². The number of hydrogen-bond acceptors (Lipinski definition) is 4. The van der Waals surface area contributed by atoms with Gasteiger partial charge in [0.2, 0.25) is 5.91 Å². The second-order valence-electron chi connectivity index (χ2n) is 6.04. The number of nitrogens with one attached hydrogen (secondary N) is 1. The molecule has 6 heteroatoms. The van der Waals surface area contributed by atoms with Crippen LogP contribution < -0.4 is 5.32 Å². The second kappa shape index (κ2) is 8.85. The highest BCUT2D eigenvalue weighted by molar-refractivity contribution is 7.99. The Hall–Kier alpha value is -2.08. The van der Waals surface area contributed by atoms with Crippen molar-refractivity contribution in [3.8, 4) is 0 Å². The average molecular weight is 359 g/mol. The van der Waals surface area contributed by atoms with Gasteiger partial charge in [-0.3, -0.25) is 9.59 Å². The Balaban J connectivity index is 2.02. The Labute approximate surface area is 153 Å². The van der Waals surface area contributed by atoms with Crippen molar-refractivity contribution in [3.63, 3.8) is 0 Å². The normalized spacial score (nSPS) is 10.7. The molecule has 0 radical (unpaired) electrons. The lowest BCUT2D eigenvalue weighted by Gasteiger charge is -2.09. The van der Waals surface area contributed by atoms with Gasteiger partial charge in [-0.1, -0.05) is 25.1 Å². The highest BCUT2D eigenvalue weighted by atomic mass is 32.2. The van der Waals surface area contributed by atoms with Gasteiger partial charge in [0, 0.05) is 30.4 Å². The second-order valence-corrected chi connectivity index (χ2v) is 6.98. The smallest absolute Gasteiger partial charge is 0.221 e. The maximum absolute atomic E-state index is 12.4. The maximum atomic E-state index is 12.4. The molecule has 0 saturated heterocycles. The minimum absolute atomic E-state index is 0.0553. The number of carbonyl (C=O) groups is 2. The number of anilines is 1. The van der Waals surface area contributed by atoms with Crippen molar-refractivity contribution in [2.75, 3.05) is 11.1 Å². The van der Waals surface area contributed by atoms with E-state index in [0.29, 0.717) is 17.0 Å². The molecular weight excluding hydrogens is 334 g/mol. The summed E-state index contributed by atoms with van der Waals surface area (Å²) in [4.78, 5) is 28.1. The van der Waals surface area contributed by atoms with E-state index in [1.54, 1.807) is 24.3 Å². The number of ketones is 1. The molecule has 2 aromatic rings. The van der Waals surface area contributed by atoms with Crippen LogP contribution in [0.15, 0.2) is 29.4 Å². The molecule has 0 aliphatic rings. The molecule has 1 heterocycles. The van der Waals surface area contributed by atoms with Gasteiger partial charge in [0.25, 0.3) is 0 Å². The average Bonchev–Trinajstić information content (AvgIpc) is 2.85. The number of amides is 1. The van der Waals surface area contributed by atoms with Crippen molar-refractivity contribution >= 4 is 29.1 Å². The minimum Gasteiger partial charge on any atom is -0.326 e. The number of aromatic nitrogens is 2.